The average Bonchev–Trinajstić information content (AvgIpc) is 2.78. The molecule has 0 unspecified atom stereocenters. The van der Waals surface area contributed by atoms with Crippen LogP contribution in [0.4, 0.5) is 0 Å². The third kappa shape index (κ3) is 3.82. The largest absolute Gasteiger partial charge is 0.463 e. The van der Waals surface area contributed by atoms with E-state index in [9.17, 15) is 19.2 Å². The Morgan fingerprint density at radius 3 is 2.68 bits per heavy atom. The monoisotopic (exact) mass is 312 g/mol. The molecule has 0 radical (unpaired) electrons. The summed E-state index contributed by atoms with van der Waals surface area (Å²) < 4.78 is 16.8. The first kappa shape index (κ1) is 16.0. The van der Waals surface area contributed by atoms with E-state index < -0.39 is 41.6 Å². The van der Waals surface area contributed by atoms with Gasteiger partial charge in [-0.25, -0.2) is 4.79 Å². The van der Waals surface area contributed by atoms with Crippen LogP contribution in [0.3, 0.4) is 0 Å². The highest BCUT2D eigenvalue weighted by Crippen LogP contribution is 2.30. The summed E-state index contributed by atoms with van der Waals surface area (Å²) in [5, 5.41) is 0. The second-order valence-corrected chi connectivity index (χ2v) is 4.83. The highest BCUT2D eigenvalue weighted by molar-refractivity contribution is 5.66. The molecule has 1 N–H and O–H groups in total. The summed E-state index contributed by atoms with van der Waals surface area (Å²) >= 11 is 0. The van der Waals surface area contributed by atoms with Crippen molar-refractivity contribution in [3.05, 3.63) is 33.1 Å². The Balaban J connectivity index is 2.17. The lowest BCUT2D eigenvalue weighted by Crippen LogP contribution is -2.32. The molecular weight excluding hydrogens is 296 g/mol. The normalized spacial score (nSPS) is 24.0. The number of hydrogen-bond acceptors (Lipinski definition) is 7. The average molecular weight is 312 g/mol. The molecule has 1 saturated heterocycles. The maximum Gasteiger partial charge on any atom is 0.330 e. The number of nitrogens with zero attached hydrogens (tertiary/aromatic N) is 1. The second-order valence-electron chi connectivity index (χ2n) is 4.83. The maximum atomic E-state index is 11.8. The molecule has 0 aliphatic carbocycles. The third-order valence-corrected chi connectivity index (χ3v) is 3.11. The van der Waals surface area contributed by atoms with Gasteiger partial charge in [0.2, 0.25) is 0 Å². The van der Waals surface area contributed by atoms with Crippen molar-refractivity contribution < 1.29 is 23.8 Å². The molecule has 1 aliphatic rings. The number of carbonyl (C=O) groups excluding carboxylic acids is 2. The van der Waals surface area contributed by atoms with Crippen molar-refractivity contribution in [2.45, 2.75) is 38.7 Å². The summed E-state index contributed by atoms with van der Waals surface area (Å²) in [5.74, 6) is -0.995. The van der Waals surface area contributed by atoms with Crippen molar-refractivity contribution in [2.24, 2.45) is 0 Å². The minimum atomic E-state index is -0.728. The van der Waals surface area contributed by atoms with Gasteiger partial charge in [-0.1, -0.05) is 0 Å². The standard InChI is InChI=1S/C13H16N2O7/c1-7(16)20-6-10-9(21-8(2)17)5-12(22-10)15-4-3-11(18)14-13(15)19/h3-4,9-10,12H,5-6H2,1-2H3,(H,14,18,19)/t9-,10+,12-/m1/s1. The zero-order valence-electron chi connectivity index (χ0n) is 12.1. The number of ether oxygens (including phenoxy) is 3. The van der Waals surface area contributed by atoms with E-state index in [-0.39, 0.29) is 13.0 Å². The van der Waals surface area contributed by atoms with Gasteiger partial charge in [0.1, 0.15) is 25.0 Å². The highest BCUT2D eigenvalue weighted by atomic mass is 16.6. The predicted octanol–water partition coefficient (Wildman–Crippen LogP) is -0.681. The van der Waals surface area contributed by atoms with Gasteiger partial charge >= 0.3 is 17.6 Å². The Hall–Kier alpha value is -2.42. The quantitative estimate of drug-likeness (QED) is 0.732. The minimum absolute atomic E-state index is 0.0954. The highest BCUT2D eigenvalue weighted by Gasteiger charge is 2.39. The molecule has 2 rings (SSSR count). The zero-order valence-corrected chi connectivity index (χ0v) is 12.1. The van der Waals surface area contributed by atoms with Crippen molar-refractivity contribution in [1.29, 1.82) is 0 Å². The van der Waals surface area contributed by atoms with Crippen molar-refractivity contribution in [1.82, 2.24) is 9.55 Å². The fraction of sp³-hybridized carbons (Fsp3) is 0.538. The van der Waals surface area contributed by atoms with Gasteiger partial charge < -0.3 is 14.2 Å². The van der Waals surface area contributed by atoms with Gasteiger partial charge in [-0.15, -0.1) is 0 Å². The molecular formula is C13H16N2O7. The van der Waals surface area contributed by atoms with Gasteiger partial charge in [-0.05, 0) is 0 Å². The van der Waals surface area contributed by atoms with E-state index in [0.717, 1.165) is 0 Å². The SMILES string of the molecule is CC(=O)OC[C@@H]1O[C@@H](n2ccc(=O)[nH]c2=O)C[C@H]1OC(C)=O. The van der Waals surface area contributed by atoms with E-state index >= 15 is 0 Å². The Bertz CT molecular complexity index is 677. The number of esters is 2. The molecule has 0 spiro atoms. The summed E-state index contributed by atoms with van der Waals surface area (Å²) in [4.78, 5) is 47.0. The fourth-order valence-corrected chi connectivity index (χ4v) is 2.21. The maximum absolute atomic E-state index is 11.8. The number of rotatable bonds is 4. The molecule has 22 heavy (non-hydrogen) atoms. The molecule has 120 valence electrons. The first-order valence-corrected chi connectivity index (χ1v) is 6.64. The van der Waals surface area contributed by atoms with Crippen molar-refractivity contribution >= 4 is 11.9 Å². The summed E-state index contributed by atoms with van der Waals surface area (Å²) in [6.07, 6.45) is -0.561. The van der Waals surface area contributed by atoms with Crippen molar-refractivity contribution in [3.8, 4) is 0 Å². The number of aromatic nitrogens is 2. The lowest BCUT2D eigenvalue weighted by molar-refractivity contribution is -0.155. The van der Waals surface area contributed by atoms with E-state index in [1.54, 1.807) is 0 Å². The topological polar surface area (TPSA) is 117 Å². The van der Waals surface area contributed by atoms with Gasteiger partial charge in [0.05, 0.1) is 0 Å². The summed E-state index contributed by atoms with van der Waals surface area (Å²) in [5.41, 5.74) is -1.15. The van der Waals surface area contributed by atoms with Crippen LogP contribution in [0.5, 0.6) is 0 Å². The molecule has 0 bridgehead atoms. The molecule has 9 heteroatoms. The zero-order chi connectivity index (χ0) is 16.3. The van der Waals surface area contributed by atoms with E-state index in [2.05, 4.69) is 4.98 Å². The Labute approximate surface area is 124 Å². The summed E-state index contributed by atoms with van der Waals surface area (Å²) in [6.45, 7) is 2.41. The number of aromatic amines is 1. The molecule has 1 aromatic rings. The number of carbonyl (C=O) groups is 2. The number of H-pyrrole nitrogens is 1. The van der Waals surface area contributed by atoms with Crippen molar-refractivity contribution in [3.63, 3.8) is 0 Å². The number of nitrogens with one attached hydrogen (secondary N) is 1. The fourth-order valence-electron chi connectivity index (χ4n) is 2.21. The molecule has 0 amide bonds. The Kier molecular flexibility index (Phi) is 4.76. The Morgan fingerprint density at radius 1 is 1.36 bits per heavy atom. The van der Waals surface area contributed by atoms with Crippen LogP contribution >= 0.6 is 0 Å². The van der Waals surface area contributed by atoms with Crippen LogP contribution in [-0.4, -0.2) is 40.3 Å². The van der Waals surface area contributed by atoms with Gasteiger partial charge in [0.15, 0.2) is 0 Å². The van der Waals surface area contributed by atoms with E-state index in [0.29, 0.717) is 0 Å². The lowest BCUT2D eigenvalue weighted by Gasteiger charge is -2.17. The summed E-state index contributed by atoms with van der Waals surface area (Å²) in [6, 6.07) is 1.19. The van der Waals surface area contributed by atoms with Crippen LogP contribution in [0.1, 0.15) is 26.5 Å². The first-order valence-electron chi connectivity index (χ1n) is 6.64. The predicted molar refractivity (Wildman–Crippen MR) is 72.0 cm³/mol. The number of hydrogen-bond donors (Lipinski definition) is 1. The van der Waals surface area contributed by atoms with Crippen LogP contribution in [0, 0.1) is 0 Å². The van der Waals surface area contributed by atoms with Crippen LogP contribution in [0.2, 0.25) is 0 Å². The smallest absolute Gasteiger partial charge is 0.330 e. The van der Waals surface area contributed by atoms with Crippen molar-refractivity contribution in [2.75, 3.05) is 6.61 Å². The minimum Gasteiger partial charge on any atom is -0.463 e. The van der Waals surface area contributed by atoms with Gasteiger partial charge in [-0.3, -0.25) is 23.9 Å². The second kappa shape index (κ2) is 6.56. The van der Waals surface area contributed by atoms with Crippen LogP contribution in [-0.2, 0) is 23.8 Å². The summed E-state index contributed by atoms with van der Waals surface area (Å²) in [7, 11) is 0. The first-order chi connectivity index (χ1) is 10.4. The van der Waals surface area contributed by atoms with E-state index in [1.165, 1.54) is 30.7 Å². The Morgan fingerprint density at radius 2 is 2.09 bits per heavy atom. The molecule has 1 aliphatic heterocycles. The molecule has 1 fully saturated rings. The van der Waals surface area contributed by atoms with Crippen LogP contribution < -0.4 is 11.2 Å². The van der Waals surface area contributed by atoms with Crippen LogP contribution in [0.25, 0.3) is 0 Å². The molecule has 0 aromatic carbocycles. The molecule has 2 heterocycles. The van der Waals surface area contributed by atoms with Gasteiger partial charge in [-0.2, -0.15) is 0 Å². The van der Waals surface area contributed by atoms with Gasteiger partial charge in [0, 0.05) is 32.5 Å². The van der Waals surface area contributed by atoms with E-state index in [4.69, 9.17) is 14.2 Å². The van der Waals surface area contributed by atoms with Crippen LogP contribution in [0.15, 0.2) is 21.9 Å². The molecule has 3 atom stereocenters. The molecule has 1 aromatic heterocycles. The molecule has 0 saturated carbocycles. The lowest BCUT2D eigenvalue weighted by atomic mass is 10.2. The van der Waals surface area contributed by atoms with E-state index in [1.807, 2.05) is 0 Å². The van der Waals surface area contributed by atoms with Gasteiger partial charge in [0.25, 0.3) is 5.56 Å². The molecule has 9 nitrogen and oxygen atoms in total. The third-order valence-electron chi connectivity index (χ3n) is 3.11.